The Hall–Kier alpha value is -1.95. The molecule has 3 heterocycles. The molecular formula is C13H16N4O2. The largest absolute Gasteiger partial charge is 0.478 e. The minimum Gasteiger partial charge on any atom is -0.478 e. The lowest BCUT2D eigenvalue weighted by Gasteiger charge is -2.25. The number of fused-ring (bicyclic) bond motifs is 1. The molecule has 0 saturated carbocycles. The van der Waals surface area contributed by atoms with Crippen LogP contribution in [0.3, 0.4) is 0 Å². The molecule has 19 heavy (non-hydrogen) atoms. The number of hydrogen-bond acceptors (Lipinski definition) is 4. The summed E-state index contributed by atoms with van der Waals surface area (Å²) in [6, 6.07) is 3.27. The Morgan fingerprint density at radius 1 is 1.26 bits per heavy atom. The summed E-state index contributed by atoms with van der Waals surface area (Å²) in [5.74, 6) is -0.164. The lowest BCUT2D eigenvalue weighted by molar-refractivity contribution is 0.0698. The molecule has 2 aromatic heterocycles. The number of rotatable bonds is 3. The Morgan fingerprint density at radius 2 is 2.05 bits per heavy atom. The number of likely N-dealkylation sites (tertiary alicyclic amines) is 1. The molecule has 1 aliphatic rings. The van der Waals surface area contributed by atoms with Gasteiger partial charge in [0.15, 0.2) is 11.5 Å². The third-order valence-corrected chi connectivity index (χ3v) is 3.55. The molecular weight excluding hydrogens is 244 g/mol. The van der Waals surface area contributed by atoms with Crippen molar-refractivity contribution >= 4 is 11.6 Å². The molecule has 6 nitrogen and oxygen atoms in total. The maximum absolute atomic E-state index is 11.1. The molecule has 0 bridgehead atoms. The van der Waals surface area contributed by atoms with Gasteiger partial charge >= 0.3 is 5.97 Å². The van der Waals surface area contributed by atoms with E-state index in [1.165, 1.54) is 19.3 Å². The van der Waals surface area contributed by atoms with Gasteiger partial charge in [-0.1, -0.05) is 6.42 Å². The summed E-state index contributed by atoms with van der Waals surface area (Å²) in [7, 11) is 0. The number of carboxylic acid groups (broad SMARTS) is 1. The predicted octanol–water partition coefficient (Wildman–Crippen LogP) is 1.41. The lowest BCUT2D eigenvalue weighted by Crippen LogP contribution is -2.29. The molecule has 100 valence electrons. The fourth-order valence-corrected chi connectivity index (χ4v) is 2.56. The van der Waals surface area contributed by atoms with E-state index in [4.69, 9.17) is 5.11 Å². The van der Waals surface area contributed by atoms with Gasteiger partial charge in [-0.05, 0) is 38.1 Å². The van der Waals surface area contributed by atoms with Gasteiger partial charge in [-0.25, -0.2) is 4.79 Å². The van der Waals surface area contributed by atoms with E-state index in [1.54, 1.807) is 16.5 Å². The van der Waals surface area contributed by atoms with Crippen molar-refractivity contribution in [2.75, 3.05) is 13.1 Å². The smallest absolute Gasteiger partial charge is 0.339 e. The quantitative estimate of drug-likeness (QED) is 0.903. The SMILES string of the molecule is O=C(O)c1cccn2c(CN3CCCCC3)nnc12. The van der Waals surface area contributed by atoms with Crippen molar-refractivity contribution < 1.29 is 9.90 Å². The van der Waals surface area contributed by atoms with Crippen LogP contribution in [0, 0.1) is 0 Å². The molecule has 0 radical (unpaired) electrons. The highest BCUT2D eigenvalue weighted by molar-refractivity contribution is 5.94. The van der Waals surface area contributed by atoms with Crippen molar-refractivity contribution in [3.63, 3.8) is 0 Å². The lowest BCUT2D eigenvalue weighted by atomic mass is 10.1. The number of piperidine rings is 1. The minimum absolute atomic E-state index is 0.194. The van der Waals surface area contributed by atoms with Gasteiger partial charge in [0.2, 0.25) is 0 Å². The van der Waals surface area contributed by atoms with Crippen LogP contribution in [0.2, 0.25) is 0 Å². The molecule has 1 N–H and O–H groups in total. The Bertz CT molecular complexity index is 602. The maximum atomic E-state index is 11.1. The van der Waals surface area contributed by atoms with Gasteiger partial charge in [0.05, 0.1) is 6.54 Å². The van der Waals surface area contributed by atoms with Crippen molar-refractivity contribution in [2.24, 2.45) is 0 Å². The van der Waals surface area contributed by atoms with Crippen LogP contribution >= 0.6 is 0 Å². The molecule has 0 aliphatic carbocycles. The fourth-order valence-electron chi connectivity index (χ4n) is 2.56. The number of aromatic nitrogens is 3. The van der Waals surface area contributed by atoms with Crippen LogP contribution in [0.5, 0.6) is 0 Å². The van der Waals surface area contributed by atoms with Gasteiger partial charge in [0.25, 0.3) is 0 Å². The average Bonchev–Trinajstić information content (AvgIpc) is 2.83. The van der Waals surface area contributed by atoms with E-state index >= 15 is 0 Å². The fraction of sp³-hybridized carbons (Fsp3) is 0.462. The molecule has 1 fully saturated rings. The van der Waals surface area contributed by atoms with E-state index in [2.05, 4.69) is 15.1 Å². The molecule has 0 atom stereocenters. The molecule has 6 heteroatoms. The third kappa shape index (κ3) is 2.31. The highest BCUT2D eigenvalue weighted by Gasteiger charge is 2.17. The van der Waals surface area contributed by atoms with E-state index < -0.39 is 5.97 Å². The summed E-state index contributed by atoms with van der Waals surface area (Å²) in [5, 5.41) is 17.3. The first kappa shape index (κ1) is 12.1. The predicted molar refractivity (Wildman–Crippen MR) is 69.1 cm³/mol. The monoisotopic (exact) mass is 260 g/mol. The summed E-state index contributed by atoms with van der Waals surface area (Å²) in [6.07, 6.45) is 5.55. The molecule has 0 unspecified atom stereocenters. The molecule has 2 aromatic rings. The first-order chi connectivity index (χ1) is 9.25. The van der Waals surface area contributed by atoms with Crippen LogP contribution in [0.4, 0.5) is 0 Å². The van der Waals surface area contributed by atoms with Gasteiger partial charge in [-0.2, -0.15) is 0 Å². The summed E-state index contributed by atoms with van der Waals surface area (Å²) < 4.78 is 1.78. The van der Waals surface area contributed by atoms with Gasteiger partial charge in [-0.15, -0.1) is 10.2 Å². The normalized spacial score (nSPS) is 16.8. The Balaban J connectivity index is 1.92. The van der Waals surface area contributed by atoms with Crippen molar-refractivity contribution in [3.05, 3.63) is 29.7 Å². The Labute approximate surface area is 110 Å². The van der Waals surface area contributed by atoms with E-state index in [9.17, 15) is 4.79 Å². The summed E-state index contributed by atoms with van der Waals surface area (Å²) >= 11 is 0. The Morgan fingerprint density at radius 3 is 2.79 bits per heavy atom. The number of aromatic carboxylic acids is 1. The van der Waals surface area contributed by atoms with E-state index in [1.807, 2.05) is 6.20 Å². The highest BCUT2D eigenvalue weighted by Crippen LogP contribution is 2.14. The number of carbonyl (C=O) groups is 1. The van der Waals surface area contributed by atoms with Crippen LogP contribution < -0.4 is 0 Å². The highest BCUT2D eigenvalue weighted by atomic mass is 16.4. The van der Waals surface area contributed by atoms with E-state index in [0.29, 0.717) is 5.65 Å². The second-order valence-corrected chi connectivity index (χ2v) is 4.87. The van der Waals surface area contributed by atoms with Gasteiger partial charge < -0.3 is 5.11 Å². The first-order valence-corrected chi connectivity index (χ1v) is 6.54. The average molecular weight is 260 g/mol. The molecule has 1 aliphatic heterocycles. The maximum Gasteiger partial charge on any atom is 0.339 e. The van der Waals surface area contributed by atoms with Crippen molar-refractivity contribution in [1.82, 2.24) is 19.5 Å². The van der Waals surface area contributed by atoms with Gasteiger partial charge in [0.1, 0.15) is 5.56 Å². The van der Waals surface area contributed by atoms with Crippen molar-refractivity contribution in [1.29, 1.82) is 0 Å². The second-order valence-electron chi connectivity index (χ2n) is 4.87. The minimum atomic E-state index is -0.970. The van der Waals surface area contributed by atoms with Crippen LogP contribution in [-0.4, -0.2) is 43.7 Å². The molecule has 1 saturated heterocycles. The van der Waals surface area contributed by atoms with E-state index in [0.717, 1.165) is 25.5 Å². The van der Waals surface area contributed by atoms with Crippen LogP contribution in [0.15, 0.2) is 18.3 Å². The summed E-state index contributed by atoms with van der Waals surface area (Å²) in [5.41, 5.74) is 0.613. The summed E-state index contributed by atoms with van der Waals surface area (Å²) in [6.45, 7) is 2.88. The molecule has 3 rings (SSSR count). The second kappa shape index (κ2) is 4.97. The standard InChI is InChI=1S/C13H16N4O2/c18-13(19)10-5-4-8-17-11(14-15-12(10)17)9-16-6-2-1-3-7-16/h4-5,8H,1-3,6-7,9H2,(H,18,19). The topological polar surface area (TPSA) is 70.7 Å². The first-order valence-electron chi connectivity index (χ1n) is 6.54. The summed E-state index contributed by atoms with van der Waals surface area (Å²) in [4.78, 5) is 13.5. The third-order valence-electron chi connectivity index (χ3n) is 3.55. The van der Waals surface area contributed by atoms with Crippen molar-refractivity contribution in [2.45, 2.75) is 25.8 Å². The zero-order valence-corrected chi connectivity index (χ0v) is 10.6. The van der Waals surface area contributed by atoms with Gasteiger partial charge in [0, 0.05) is 6.20 Å². The number of nitrogens with zero attached hydrogens (tertiary/aromatic N) is 4. The number of hydrogen-bond donors (Lipinski definition) is 1. The zero-order chi connectivity index (χ0) is 13.2. The van der Waals surface area contributed by atoms with Crippen LogP contribution in [-0.2, 0) is 6.54 Å². The molecule has 0 amide bonds. The number of carboxylic acids is 1. The van der Waals surface area contributed by atoms with Crippen LogP contribution in [0.1, 0.15) is 35.4 Å². The zero-order valence-electron chi connectivity index (χ0n) is 10.6. The van der Waals surface area contributed by atoms with E-state index in [-0.39, 0.29) is 5.56 Å². The Kier molecular flexibility index (Phi) is 3.16. The van der Waals surface area contributed by atoms with Crippen LogP contribution in [0.25, 0.3) is 5.65 Å². The van der Waals surface area contributed by atoms with Gasteiger partial charge in [-0.3, -0.25) is 9.30 Å². The van der Waals surface area contributed by atoms with Crippen molar-refractivity contribution in [3.8, 4) is 0 Å². The molecule has 0 spiro atoms. The number of pyridine rings is 1. The molecule has 0 aromatic carbocycles.